The average Bonchev–Trinajstić information content (AvgIpc) is 2.59. The van der Waals surface area contributed by atoms with Crippen molar-refractivity contribution in [2.24, 2.45) is 0 Å². The molecule has 23 heavy (non-hydrogen) atoms. The molecule has 0 radical (unpaired) electrons. The van der Waals surface area contributed by atoms with Gasteiger partial charge < -0.3 is 14.6 Å². The van der Waals surface area contributed by atoms with Gasteiger partial charge in [0.25, 0.3) is 0 Å². The first-order valence-corrected chi connectivity index (χ1v) is 7.90. The van der Waals surface area contributed by atoms with Crippen LogP contribution in [0.4, 0.5) is 0 Å². The number of nitrogens with zero attached hydrogens (tertiary/aromatic N) is 1. The van der Waals surface area contributed by atoms with Crippen molar-refractivity contribution in [3.8, 4) is 5.75 Å². The summed E-state index contributed by atoms with van der Waals surface area (Å²) in [6.45, 7) is 2.39. The minimum absolute atomic E-state index is 0.0181. The average molecular weight is 315 g/mol. The Kier molecular flexibility index (Phi) is 7.60. The van der Waals surface area contributed by atoms with E-state index in [1.54, 1.807) is 0 Å². The van der Waals surface area contributed by atoms with E-state index >= 15 is 0 Å². The van der Waals surface area contributed by atoms with E-state index in [2.05, 4.69) is 24.1 Å². The summed E-state index contributed by atoms with van der Waals surface area (Å²) in [5.74, 6) is 0.829. The van der Waals surface area contributed by atoms with Crippen molar-refractivity contribution in [3.63, 3.8) is 0 Å². The molecule has 4 heteroatoms. The second kappa shape index (κ2) is 10.0. The number of para-hydroxylation sites is 1. The van der Waals surface area contributed by atoms with Gasteiger partial charge in [0.15, 0.2) is 0 Å². The highest BCUT2D eigenvalue weighted by atomic mass is 16.5. The molecule has 0 saturated heterocycles. The molecular formula is C19H25NO3. The fourth-order valence-corrected chi connectivity index (χ4v) is 2.39. The maximum atomic E-state index is 8.99. The van der Waals surface area contributed by atoms with E-state index in [9.17, 15) is 0 Å². The van der Waals surface area contributed by atoms with Gasteiger partial charge in [-0.2, -0.15) is 0 Å². The van der Waals surface area contributed by atoms with Crippen molar-refractivity contribution >= 4 is 0 Å². The largest absolute Gasteiger partial charge is 0.491 e. The van der Waals surface area contributed by atoms with Gasteiger partial charge >= 0.3 is 0 Å². The number of hydrogen-bond donors (Lipinski definition) is 1. The summed E-state index contributed by atoms with van der Waals surface area (Å²) in [6, 6.07) is 20.0. The molecular weight excluding hydrogens is 290 g/mol. The summed E-state index contributed by atoms with van der Waals surface area (Å²) in [6.07, 6.45) is -0.0870. The fraction of sp³-hybridized carbons (Fsp3) is 0.368. The highest BCUT2D eigenvalue weighted by Crippen LogP contribution is 2.10. The van der Waals surface area contributed by atoms with Gasteiger partial charge in [-0.1, -0.05) is 48.5 Å². The Balaban J connectivity index is 1.84. The standard InChI is InChI=1S/C19H25NO3/c1-20(14-17-8-4-2-5-9-17)15-19(22-13-12-21)16-23-18-10-6-3-7-11-18/h2-11,19,21H,12-16H2,1H3. The lowest BCUT2D eigenvalue weighted by Gasteiger charge is -2.24. The minimum Gasteiger partial charge on any atom is -0.491 e. The molecule has 0 aliphatic heterocycles. The first kappa shape index (κ1) is 17.5. The molecule has 2 rings (SSSR count). The predicted molar refractivity (Wildman–Crippen MR) is 91.5 cm³/mol. The molecule has 0 aliphatic rings. The first-order valence-electron chi connectivity index (χ1n) is 7.90. The Morgan fingerprint density at radius 2 is 1.65 bits per heavy atom. The molecule has 0 saturated carbocycles. The third kappa shape index (κ3) is 6.82. The number of aliphatic hydroxyl groups is 1. The van der Waals surface area contributed by atoms with Crippen LogP contribution in [0.1, 0.15) is 5.56 Å². The maximum Gasteiger partial charge on any atom is 0.119 e. The zero-order valence-corrected chi connectivity index (χ0v) is 13.6. The van der Waals surface area contributed by atoms with E-state index in [0.717, 1.165) is 18.8 Å². The summed E-state index contributed by atoms with van der Waals surface area (Å²) < 4.78 is 11.5. The molecule has 1 atom stereocenters. The summed E-state index contributed by atoms with van der Waals surface area (Å²) in [5, 5.41) is 8.99. The Morgan fingerprint density at radius 1 is 1.00 bits per heavy atom. The van der Waals surface area contributed by atoms with E-state index < -0.39 is 0 Å². The Bertz CT molecular complexity index is 533. The van der Waals surface area contributed by atoms with Crippen LogP contribution in [0.15, 0.2) is 60.7 Å². The highest BCUT2D eigenvalue weighted by Gasteiger charge is 2.13. The SMILES string of the molecule is CN(Cc1ccccc1)CC(COc1ccccc1)OCCO. The van der Waals surface area contributed by atoms with Crippen LogP contribution in [0.2, 0.25) is 0 Å². The molecule has 2 aromatic carbocycles. The van der Waals surface area contributed by atoms with Crippen molar-refractivity contribution in [1.29, 1.82) is 0 Å². The van der Waals surface area contributed by atoms with Gasteiger partial charge in [0.05, 0.1) is 13.2 Å². The molecule has 124 valence electrons. The van der Waals surface area contributed by atoms with Gasteiger partial charge in [0.1, 0.15) is 18.5 Å². The lowest BCUT2D eigenvalue weighted by molar-refractivity contribution is -0.0132. The van der Waals surface area contributed by atoms with Gasteiger partial charge in [-0.15, -0.1) is 0 Å². The summed E-state index contributed by atoms with van der Waals surface area (Å²) in [4.78, 5) is 2.20. The Hall–Kier alpha value is -1.88. The van der Waals surface area contributed by atoms with Crippen LogP contribution in [-0.2, 0) is 11.3 Å². The molecule has 1 N–H and O–H groups in total. The van der Waals surface area contributed by atoms with Gasteiger partial charge in [0, 0.05) is 13.1 Å². The van der Waals surface area contributed by atoms with E-state index in [0.29, 0.717) is 13.2 Å². The Morgan fingerprint density at radius 3 is 2.30 bits per heavy atom. The molecule has 0 aromatic heterocycles. The quantitative estimate of drug-likeness (QED) is 0.732. The zero-order chi connectivity index (χ0) is 16.3. The number of rotatable bonds is 10. The lowest BCUT2D eigenvalue weighted by atomic mass is 10.2. The van der Waals surface area contributed by atoms with Crippen LogP contribution in [0.25, 0.3) is 0 Å². The number of likely N-dealkylation sites (N-methyl/N-ethyl adjacent to an activating group) is 1. The minimum atomic E-state index is -0.0870. The van der Waals surface area contributed by atoms with E-state index in [1.165, 1.54) is 5.56 Å². The van der Waals surface area contributed by atoms with E-state index in [-0.39, 0.29) is 12.7 Å². The predicted octanol–water partition coefficient (Wildman–Crippen LogP) is 2.57. The number of aliphatic hydroxyl groups excluding tert-OH is 1. The van der Waals surface area contributed by atoms with E-state index in [1.807, 2.05) is 48.5 Å². The second-order valence-electron chi connectivity index (χ2n) is 5.52. The first-order chi connectivity index (χ1) is 11.3. The molecule has 2 aromatic rings. The molecule has 0 spiro atoms. The highest BCUT2D eigenvalue weighted by molar-refractivity contribution is 5.21. The normalized spacial score (nSPS) is 12.3. The maximum absolute atomic E-state index is 8.99. The lowest BCUT2D eigenvalue weighted by Crippen LogP contribution is -2.35. The van der Waals surface area contributed by atoms with Gasteiger partial charge in [-0.25, -0.2) is 0 Å². The summed E-state index contributed by atoms with van der Waals surface area (Å²) in [7, 11) is 2.06. The van der Waals surface area contributed by atoms with Crippen LogP contribution < -0.4 is 4.74 Å². The van der Waals surface area contributed by atoms with Crippen LogP contribution in [0.5, 0.6) is 5.75 Å². The second-order valence-corrected chi connectivity index (χ2v) is 5.52. The van der Waals surface area contributed by atoms with Crippen molar-refractivity contribution in [2.45, 2.75) is 12.6 Å². The van der Waals surface area contributed by atoms with Gasteiger partial charge in [-0.05, 0) is 24.7 Å². The molecule has 4 nitrogen and oxygen atoms in total. The fourth-order valence-electron chi connectivity index (χ4n) is 2.39. The van der Waals surface area contributed by atoms with Crippen molar-refractivity contribution < 1.29 is 14.6 Å². The van der Waals surface area contributed by atoms with Crippen molar-refractivity contribution in [3.05, 3.63) is 66.2 Å². The van der Waals surface area contributed by atoms with Crippen molar-refractivity contribution in [2.75, 3.05) is 33.4 Å². The summed E-state index contributed by atoms with van der Waals surface area (Å²) >= 11 is 0. The smallest absolute Gasteiger partial charge is 0.119 e. The summed E-state index contributed by atoms with van der Waals surface area (Å²) in [5.41, 5.74) is 1.26. The third-order valence-corrected chi connectivity index (χ3v) is 3.43. The molecule has 0 amide bonds. The van der Waals surface area contributed by atoms with Crippen LogP contribution in [0, 0.1) is 0 Å². The molecule has 1 unspecified atom stereocenters. The van der Waals surface area contributed by atoms with Crippen LogP contribution in [-0.4, -0.2) is 49.5 Å². The van der Waals surface area contributed by atoms with Gasteiger partial charge in [0.2, 0.25) is 0 Å². The zero-order valence-electron chi connectivity index (χ0n) is 13.6. The monoisotopic (exact) mass is 315 g/mol. The molecule has 0 heterocycles. The Labute approximate surface area is 138 Å². The topological polar surface area (TPSA) is 41.9 Å². The number of ether oxygens (including phenoxy) is 2. The molecule has 0 bridgehead atoms. The van der Waals surface area contributed by atoms with Crippen LogP contribution in [0.3, 0.4) is 0 Å². The number of hydrogen-bond acceptors (Lipinski definition) is 4. The number of benzene rings is 2. The van der Waals surface area contributed by atoms with Crippen LogP contribution >= 0.6 is 0 Å². The molecule has 0 aliphatic carbocycles. The van der Waals surface area contributed by atoms with E-state index in [4.69, 9.17) is 14.6 Å². The van der Waals surface area contributed by atoms with Crippen molar-refractivity contribution in [1.82, 2.24) is 4.90 Å². The third-order valence-electron chi connectivity index (χ3n) is 3.43. The molecule has 0 fully saturated rings. The van der Waals surface area contributed by atoms with Gasteiger partial charge in [-0.3, -0.25) is 4.90 Å².